The van der Waals surface area contributed by atoms with Gasteiger partial charge in [-0.3, -0.25) is 0 Å². The van der Waals surface area contributed by atoms with E-state index in [2.05, 4.69) is 26.8 Å². The molecule has 0 aromatic rings. The summed E-state index contributed by atoms with van der Waals surface area (Å²) in [6, 6.07) is 0. The van der Waals surface area contributed by atoms with Crippen LogP contribution in [-0.2, 0) is 23.7 Å². The molecule has 8 rings (SSSR count). The van der Waals surface area contributed by atoms with Gasteiger partial charge >= 0.3 is 0 Å². The summed E-state index contributed by atoms with van der Waals surface area (Å²) in [6.07, 6.45) is 13.9. The minimum atomic E-state index is -0.750. The summed E-state index contributed by atoms with van der Waals surface area (Å²) in [5.41, 5.74) is 2.28. The number of hydrogen-bond acceptors (Lipinski definition) is 13. The fraction of sp³-hybridized carbons (Fsp3) is 0.955. The van der Waals surface area contributed by atoms with Crippen LogP contribution in [0.15, 0.2) is 11.6 Å². The second kappa shape index (κ2) is 20.9. The van der Waals surface area contributed by atoms with Crippen molar-refractivity contribution in [3.63, 3.8) is 0 Å². The highest BCUT2D eigenvalue weighted by Crippen LogP contribution is 2.68. The number of aliphatic hydroxyl groups is 8. The number of aliphatic hydroxyl groups excluding tert-OH is 8. The Morgan fingerprint density at radius 3 is 2.09 bits per heavy atom. The van der Waals surface area contributed by atoms with Crippen LogP contribution in [0.4, 0.5) is 0 Å². The van der Waals surface area contributed by atoms with Gasteiger partial charge in [-0.15, -0.1) is 0 Å². The predicted octanol–water partition coefficient (Wildman–Crippen LogP) is 3.93. The van der Waals surface area contributed by atoms with Gasteiger partial charge in [-0.05, 0) is 125 Å². The standard InChI is InChI=1S/C32H52O6.C6H12O3.C5H10O3.CH4O/c1-19(17-33)4-6-22-15-28-29(36-22)16-27-25-7-5-20-12-23(37-30-14-21(35)13-24(18-34)38-30)8-10-31(20,2)26(25)9-11-32(27,28)3;1-4-5(7)2-3-6(8)9-4;1-3-4(6)2-5(7)8-3;1-2/h5,19,21-30,33-35H,4,6-18H2,1-3H3;4-8H,2-3H2,1H3;3-7H,2H2,1H3;2H,1H3/t19-,21?,22?,23?,24?,25?,26?,27?,28?,29?,30?,31?,32?;4-,5?,6?;3-,4?,5?;/m100./s1. The molecule has 4 heterocycles. The fourth-order valence-electron chi connectivity index (χ4n) is 11.9. The Labute approximate surface area is 341 Å². The van der Waals surface area contributed by atoms with Gasteiger partial charge < -0.3 is 64.5 Å². The molecule has 0 amide bonds. The highest BCUT2D eigenvalue weighted by Gasteiger charge is 2.63. The van der Waals surface area contributed by atoms with Crippen LogP contribution >= 0.6 is 0 Å². The third-order valence-corrected chi connectivity index (χ3v) is 15.3. The normalized spacial score (nSPS) is 47.9. The van der Waals surface area contributed by atoms with Gasteiger partial charge in [0, 0.05) is 39.4 Å². The molecule has 16 unspecified atom stereocenters. The molecule has 4 aliphatic carbocycles. The van der Waals surface area contributed by atoms with Crippen LogP contribution in [0.1, 0.15) is 131 Å². The summed E-state index contributed by atoms with van der Waals surface area (Å²) < 4.78 is 28.7. The third kappa shape index (κ3) is 11.2. The highest BCUT2D eigenvalue weighted by atomic mass is 16.7. The Morgan fingerprint density at radius 1 is 0.754 bits per heavy atom. The van der Waals surface area contributed by atoms with E-state index in [1.54, 1.807) is 19.4 Å². The Kier molecular flexibility index (Phi) is 17.3. The molecule has 332 valence electrons. The van der Waals surface area contributed by atoms with Gasteiger partial charge in [-0.1, -0.05) is 32.4 Å². The molecular weight excluding hydrogens is 736 g/mol. The van der Waals surface area contributed by atoms with Crippen LogP contribution < -0.4 is 0 Å². The maximum atomic E-state index is 10.2. The van der Waals surface area contributed by atoms with Gasteiger partial charge in [0.2, 0.25) is 0 Å². The van der Waals surface area contributed by atoms with Crippen molar-refractivity contribution in [2.24, 2.45) is 40.4 Å². The summed E-state index contributed by atoms with van der Waals surface area (Å²) in [4.78, 5) is 0. The van der Waals surface area contributed by atoms with Crippen molar-refractivity contribution in [3.05, 3.63) is 11.6 Å². The summed E-state index contributed by atoms with van der Waals surface area (Å²) in [5.74, 6) is 3.38. The zero-order valence-corrected chi connectivity index (χ0v) is 35.5. The van der Waals surface area contributed by atoms with Crippen LogP contribution in [-0.4, -0.2) is 135 Å². The summed E-state index contributed by atoms with van der Waals surface area (Å²) >= 11 is 0. The highest BCUT2D eigenvalue weighted by molar-refractivity contribution is 5.26. The van der Waals surface area contributed by atoms with Crippen molar-refractivity contribution in [1.82, 2.24) is 0 Å². The molecule has 57 heavy (non-hydrogen) atoms. The molecule has 4 saturated heterocycles. The van der Waals surface area contributed by atoms with Crippen molar-refractivity contribution >= 4 is 0 Å². The fourth-order valence-corrected chi connectivity index (χ4v) is 11.9. The molecule has 0 radical (unpaired) electrons. The molecule has 19 atom stereocenters. The maximum Gasteiger partial charge on any atom is 0.160 e. The first-order valence-corrected chi connectivity index (χ1v) is 22.2. The third-order valence-electron chi connectivity index (χ3n) is 15.3. The van der Waals surface area contributed by atoms with E-state index in [9.17, 15) is 15.3 Å². The molecule has 0 aromatic heterocycles. The van der Waals surface area contributed by atoms with Crippen LogP contribution in [0.5, 0.6) is 0 Å². The van der Waals surface area contributed by atoms with E-state index in [-0.39, 0.29) is 43.0 Å². The molecule has 13 nitrogen and oxygen atoms in total. The second-order valence-electron chi connectivity index (χ2n) is 19.1. The van der Waals surface area contributed by atoms with Crippen LogP contribution in [0.2, 0.25) is 0 Å². The van der Waals surface area contributed by atoms with E-state index >= 15 is 0 Å². The first kappa shape index (κ1) is 47.3. The average Bonchev–Trinajstić information content (AvgIpc) is 3.83. The first-order chi connectivity index (χ1) is 27.1. The monoisotopic (exact) mass is 815 g/mol. The number of rotatable bonds is 7. The van der Waals surface area contributed by atoms with E-state index in [1.807, 2.05) is 0 Å². The maximum absolute atomic E-state index is 10.2. The van der Waals surface area contributed by atoms with Crippen molar-refractivity contribution in [1.29, 1.82) is 0 Å². The molecule has 7 fully saturated rings. The molecule has 3 saturated carbocycles. The lowest BCUT2D eigenvalue weighted by Crippen LogP contribution is -2.51. The predicted molar refractivity (Wildman–Crippen MR) is 212 cm³/mol. The zero-order valence-electron chi connectivity index (χ0n) is 35.5. The lowest BCUT2D eigenvalue weighted by Gasteiger charge is -2.58. The van der Waals surface area contributed by atoms with E-state index in [1.165, 1.54) is 38.5 Å². The van der Waals surface area contributed by atoms with Crippen LogP contribution in [0.25, 0.3) is 0 Å². The Bertz CT molecular complexity index is 1240. The van der Waals surface area contributed by atoms with Gasteiger partial charge in [0.25, 0.3) is 0 Å². The molecule has 8 N–H and O–H groups in total. The van der Waals surface area contributed by atoms with E-state index in [0.717, 1.165) is 50.5 Å². The van der Waals surface area contributed by atoms with E-state index < -0.39 is 37.2 Å². The molecule has 0 aromatic carbocycles. The quantitative estimate of drug-likeness (QED) is 0.172. The van der Waals surface area contributed by atoms with Crippen molar-refractivity contribution < 1.29 is 64.5 Å². The minimum Gasteiger partial charge on any atom is -0.400 e. The summed E-state index contributed by atoms with van der Waals surface area (Å²) in [6.45, 7) is 11.0. The van der Waals surface area contributed by atoms with Crippen LogP contribution in [0.3, 0.4) is 0 Å². The van der Waals surface area contributed by atoms with Gasteiger partial charge in [0.1, 0.15) is 0 Å². The SMILES string of the molecule is CO.C[C@@H](CO)CCC1CC2C(CC3C4CC=C5CC(OC6CC(O)CC(CO)O6)CCC5(C)C4CCC23C)O1.C[C@@H]1OC(O)CC1O.C[C@@H]1OC(O)CCC1O. The smallest absolute Gasteiger partial charge is 0.160 e. The van der Waals surface area contributed by atoms with Gasteiger partial charge in [0.15, 0.2) is 18.9 Å². The lowest BCUT2D eigenvalue weighted by atomic mass is 9.47. The molecule has 0 spiro atoms. The molecule has 8 aliphatic rings. The Morgan fingerprint density at radius 2 is 1.47 bits per heavy atom. The summed E-state index contributed by atoms with van der Waals surface area (Å²) in [7, 11) is 1.00. The number of hydrogen-bond donors (Lipinski definition) is 8. The van der Waals surface area contributed by atoms with E-state index in [0.29, 0.717) is 61.6 Å². The lowest BCUT2D eigenvalue weighted by molar-refractivity contribution is -0.242. The van der Waals surface area contributed by atoms with Gasteiger partial charge in [-0.2, -0.15) is 0 Å². The van der Waals surface area contributed by atoms with Crippen molar-refractivity contribution in [2.45, 2.75) is 205 Å². The molecular formula is C44H78O13. The number of fused-ring (bicyclic) bond motifs is 7. The van der Waals surface area contributed by atoms with Gasteiger partial charge in [-0.25, -0.2) is 0 Å². The first-order valence-electron chi connectivity index (χ1n) is 22.2. The number of ether oxygens (including phenoxy) is 5. The molecule has 0 bridgehead atoms. The second-order valence-corrected chi connectivity index (χ2v) is 19.1. The number of allylic oxidation sites excluding steroid dienone is 1. The minimum absolute atomic E-state index is 0.0652. The van der Waals surface area contributed by atoms with Gasteiger partial charge in [0.05, 0.1) is 61.5 Å². The molecule has 4 aliphatic heterocycles. The van der Waals surface area contributed by atoms with Crippen LogP contribution in [0, 0.1) is 40.4 Å². The summed E-state index contributed by atoms with van der Waals surface area (Å²) in [5, 5.41) is 71.6. The van der Waals surface area contributed by atoms with Crippen molar-refractivity contribution in [2.75, 3.05) is 20.3 Å². The van der Waals surface area contributed by atoms with E-state index in [4.69, 9.17) is 49.2 Å². The zero-order chi connectivity index (χ0) is 41.7. The Hall–Kier alpha value is -0.780. The largest absolute Gasteiger partial charge is 0.400 e. The topological polar surface area (TPSA) is 208 Å². The Balaban J connectivity index is 0.000000268. The average molecular weight is 815 g/mol. The molecule has 13 heteroatoms. The van der Waals surface area contributed by atoms with Crippen molar-refractivity contribution in [3.8, 4) is 0 Å².